The quantitative estimate of drug-likeness (QED) is 0.210. The van der Waals surface area contributed by atoms with E-state index in [1.165, 1.54) is 0 Å². The topological polar surface area (TPSA) is 90.9 Å². The van der Waals surface area contributed by atoms with Crippen LogP contribution in [-0.2, 0) is 16.1 Å². The highest BCUT2D eigenvalue weighted by atomic mass is 127. The van der Waals surface area contributed by atoms with Crippen LogP contribution in [0.3, 0.4) is 0 Å². The number of amides is 1. The standard InChI is InChI=1S/C20H32N6O2.HI/c1-3-21-20(23-9-8-22-19(27)17-5-6-17)25-13-16-4-7-18(24-12-16)26-10-11-28-15(2)14-26;/h4,7,12,15,17H,3,5-6,8-11,13-14H2,1-2H3,(H,22,27)(H2,21,23,25);1H. The second-order valence-electron chi connectivity index (χ2n) is 7.34. The van der Waals surface area contributed by atoms with Crippen LogP contribution in [0.4, 0.5) is 5.82 Å². The number of morpholine rings is 1. The molecule has 3 N–H and O–H groups in total. The summed E-state index contributed by atoms with van der Waals surface area (Å²) in [7, 11) is 0. The Morgan fingerprint density at radius 3 is 2.72 bits per heavy atom. The molecule has 1 saturated heterocycles. The number of halogens is 1. The van der Waals surface area contributed by atoms with Crippen molar-refractivity contribution in [3.63, 3.8) is 0 Å². The molecule has 2 heterocycles. The number of aromatic nitrogens is 1. The minimum absolute atomic E-state index is 0. The Bertz CT molecular complexity index is 665. The third-order valence-electron chi connectivity index (χ3n) is 4.80. The summed E-state index contributed by atoms with van der Waals surface area (Å²) in [5.41, 5.74) is 1.06. The van der Waals surface area contributed by atoms with Crippen molar-refractivity contribution < 1.29 is 9.53 Å². The molecule has 0 aromatic carbocycles. The molecule has 1 aromatic rings. The van der Waals surface area contributed by atoms with Crippen LogP contribution in [0.15, 0.2) is 23.3 Å². The van der Waals surface area contributed by atoms with E-state index in [1.54, 1.807) is 0 Å². The van der Waals surface area contributed by atoms with Crippen LogP contribution in [-0.4, -0.2) is 62.3 Å². The van der Waals surface area contributed by atoms with Crippen molar-refractivity contribution >= 4 is 41.7 Å². The van der Waals surface area contributed by atoms with Gasteiger partial charge in [-0.2, -0.15) is 0 Å². The number of rotatable bonds is 8. The molecule has 0 radical (unpaired) electrons. The van der Waals surface area contributed by atoms with Crippen molar-refractivity contribution in [2.24, 2.45) is 10.9 Å². The molecule has 2 aliphatic rings. The first-order valence-electron chi connectivity index (χ1n) is 10.3. The zero-order chi connectivity index (χ0) is 19.8. The van der Waals surface area contributed by atoms with E-state index >= 15 is 0 Å². The van der Waals surface area contributed by atoms with Gasteiger partial charge in [0.2, 0.25) is 5.91 Å². The van der Waals surface area contributed by atoms with E-state index < -0.39 is 0 Å². The average molecular weight is 516 g/mol. The van der Waals surface area contributed by atoms with E-state index in [0.29, 0.717) is 19.6 Å². The molecule has 0 spiro atoms. The lowest BCUT2D eigenvalue weighted by Gasteiger charge is -2.32. The zero-order valence-electron chi connectivity index (χ0n) is 17.3. The van der Waals surface area contributed by atoms with Gasteiger partial charge in [-0.3, -0.25) is 4.79 Å². The van der Waals surface area contributed by atoms with Gasteiger partial charge in [0.25, 0.3) is 0 Å². The summed E-state index contributed by atoms with van der Waals surface area (Å²) < 4.78 is 5.58. The van der Waals surface area contributed by atoms with E-state index in [-0.39, 0.29) is 41.9 Å². The van der Waals surface area contributed by atoms with Gasteiger partial charge < -0.3 is 25.6 Å². The summed E-state index contributed by atoms with van der Waals surface area (Å²) in [5.74, 6) is 2.15. The fourth-order valence-electron chi connectivity index (χ4n) is 3.09. The molecule has 8 nitrogen and oxygen atoms in total. The first-order valence-corrected chi connectivity index (χ1v) is 10.3. The van der Waals surface area contributed by atoms with E-state index in [0.717, 1.165) is 56.4 Å². The molecule has 1 amide bonds. The average Bonchev–Trinajstić information content (AvgIpc) is 3.55. The Hall–Kier alpha value is -1.62. The number of anilines is 1. The predicted molar refractivity (Wildman–Crippen MR) is 126 cm³/mol. The minimum atomic E-state index is 0. The summed E-state index contributed by atoms with van der Waals surface area (Å²) in [6.45, 7) is 9.20. The molecular weight excluding hydrogens is 483 g/mol. The van der Waals surface area contributed by atoms with Gasteiger partial charge in [-0.15, -0.1) is 24.0 Å². The number of nitrogens with zero attached hydrogens (tertiary/aromatic N) is 3. The molecule has 29 heavy (non-hydrogen) atoms. The van der Waals surface area contributed by atoms with Gasteiger partial charge in [-0.05, 0) is 38.3 Å². The maximum absolute atomic E-state index is 11.6. The number of nitrogens with one attached hydrogen (secondary N) is 3. The summed E-state index contributed by atoms with van der Waals surface area (Å²) in [5, 5.41) is 9.43. The number of carbonyl (C=O) groups is 1. The van der Waals surface area contributed by atoms with E-state index in [2.05, 4.69) is 49.9 Å². The first kappa shape index (κ1) is 23.7. The summed E-state index contributed by atoms with van der Waals surface area (Å²) >= 11 is 0. The van der Waals surface area contributed by atoms with Crippen molar-refractivity contribution in [3.05, 3.63) is 23.9 Å². The largest absolute Gasteiger partial charge is 0.375 e. The number of guanidine groups is 1. The molecule has 2 fully saturated rings. The molecule has 0 bridgehead atoms. The predicted octanol–water partition coefficient (Wildman–Crippen LogP) is 1.51. The van der Waals surface area contributed by atoms with Crippen LogP contribution in [0.1, 0.15) is 32.3 Å². The fourth-order valence-corrected chi connectivity index (χ4v) is 3.09. The van der Waals surface area contributed by atoms with Crippen molar-refractivity contribution in [2.75, 3.05) is 44.2 Å². The van der Waals surface area contributed by atoms with E-state index in [9.17, 15) is 4.79 Å². The number of pyridine rings is 1. The van der Waals surface area contributed by atoms with Crippen LogP contribution in [0.2, 0.25) is 0 Å². The summed E-state index contributed by atoms with van der Waals surface area (Å²) in [6.07, 6.45) is 4.18. The molecular formula is C20H33IN6O2. The van der Waals surface area contributed by atoms with E-state index in [1.807, 2.05) is 13.1 Å². The molecule has 1 atom stereocenters. The minimum Gasteiger partial charge on any atom is -0.375 e. The highest BCUT2D eigenvalue weighted by Gasteiger charge is 2.28. The summed E-state index contributed by atoms with van der Waals surface area (Å²) in [4.78, 5) is 23.1. The Labute approximate surface area is 190 Å². The normalized spacial score (nSPS) is 19.3. The molecule has 1 aromatic heterocycles. The SMILES string of the molecule is CCNC(=NCc1ccc(N2CCOC(C)C2)nc1)NCCNC(=O)C1CC1.I. The van der Waals surface area contributed by atoms with Gasteiger partial charge in [0.15, 0.2) is 5.96 Å². The van der Waals surface area contributed by atoms with Crippen LogP contribution >= 0.6 is 24.0 Å². The molecule has 162 valence electrons. The summed E-state index contributed by atoms with van der Waals surface area (Å²) in [6, 6.07) is 4.13. The molecule has 3 rings (SSSR count). The van der Waals surface area contributed by atoms with Crippen LogP contribution in [0, 0.1) is 5.92 Å². The Morgan fingerprint density at radius 2 is 2.07 bits per heavy atom. The van der Waals surface area contributed by atoms with Gasteiger partial charge in [0.1, 0.15) is 5.82 Å². The van der Waals surface area contributed by atoms with Gasteiger partial charge in [-0.1, -0.05) is 6.07 Å². The second-order valence-corrected chi connectivity index (χ2v) is 7.34. The molecule has 1 unspecified atom stereocenters. The fraction of sp³-hybridized carbons (Fsp3) is 0.650. The number of aliphatic imine (C=N–C) groups is 1. The van der Waals surface area contributed by atoms with Gasteiger partial charge in [-0.25, -0.2) is 9.98 Å². The number of hydrogen-bond acceptors (Lipinski definition) is 5. The van der Waals surface area contributed by atoms with Gasteiger partial charge in [0, 0.05) is 44.8 Å². The Kier molecular flexibility index (Phi) is 9.92. The van der Waals surface area contributed by atoms with Crippen molar-refractivity contribution in [1.29, 1.82) is 0 Å². The lowest BCUT2D eigenvalue weighted by molar-refractivity contribution is -0.122. The van der Waals surface area contributed by atoms with Crippen molar-refractivity contribution in [3.8, 4) is 0 Å². The lowest BCUT2D eigenvalue weighted by atomic mass is 10.2. The monoisotopic (exact) mass is 516 g/mol. The molecule has 9 heteroatoms. The second kappa shape index (κ2) is 12.2. The van der Waals surface area contributed by atoms with Gasteiger partial charge in [0.05, 0.1) is 19.3 Å². The first-order chi connectivity index (χ1) is 13.7. The Balaban J connectivity index is 0.00000300. The number of hydrogen-bond donors (Lipinski definition) is 3. The maximum atomic E-state index is 11.6. The molecule has 1 aliphatic carbocycles. The van der Waals surface area contributed by atoms with Crippen LogP contribution < -0.4 is 20.9 Å². The highest BCUT2D eigenvalue weighted by Crippen LogP contribution is 2.28. The molecule has 1 saturated carbocycles. The third kappa shape index (κ3) is 7.96. The van der Waals surface area contributed by atoms with Crippen LogP contribution in [0.5, 0.6) is 0 Å². The smallest absolute Gasteiger partial charge is 0.223 e. The lowest BCUT2D eigenvalue weighted by Crippen LogP contribution is -2.41. The number of carbonyl (C=O) groups excluding carboxylic acids is 1. The van der Waals surface area contributed by atoms with E-state index in [4.69, 9.17) is 4.74 Å². The molecule has 1 aliphatic heterocycles. The van der Waals surface area contributed by atoms with Crippen LogP contribution in [0.25, 0.3) is 0 Å². The Morgan fingerprint density at radius 1 is 1.28 bits per heavy atom. The maximum Gasteiger partial charge on any atom is 0.223 e. The van der Waals surface area contributed by atoms with Gasteiger partial charge >= 0.3 is 0 Å². The highest BCUT2D eigenvalue weighted by molar-refractivity contribution is 14.0. The third-order valence-corrected chi connectivity index (χ3v) is 4.80. The number of ether oxygens (including phenoxy) is 1. The van der Waals surface area contributed by atoms with Crippen molar-refractivity contribution in [2.45, 2.75) is 39.3 Å². The zero-order valence-corrected chi connectivity index (χ0v) is 19.6. The van der Waals surface area contributed by atoms with Crippen molar-refractivity contribution in [1.82, 2.24) is 20.9 Å².